The van der Waals surface area contributed by atoms with Crippen LogP contribution in [0.4, 0.5) is 5.69 Å². The van der Waals surface area contributed by atoms with Gasteiger partial charge in [-0.25, -0.2) is 4.79 Å². The fourth-order valence-electron chi connectivity index (χ4n) is 2.05. The number of carbonyl (C=O) groups is 1. The summed E-state index contributed by atoms with van der Waals surface area (Å²) >= 11 is 0. The van der Waals surface area contributed by atoms with Crippen LogP contribution in [-0.2, 0) is 9.53 Å². The summed E-state index contributed by atoms with van der Waals surface area (Å²) in [7, 11) is 0. The number of rotatable bonds is 10. The molecule has 4 nitrogen and oxygen atoms in total. The highest BCUT2D eigenvalue weighted by Gasteiger charge is 2.35. The number of nitrogens with one attached hydrogen (secondary N) is 1. The van der Waals surface area contributed by atoms with E-state index in [2.05, 4.69) is 12.2 Å². The van der Waals surface area contributed by atoms with Gasteiger partial charge in [-0.3, -0.25) is 0 Å². The molecular weight excluding hydrogens is 278 g/mol. The van der Waals surface area contributed by atoms with Gasteiger partial charge in [0.25, 0.3) is 0 Å². The first-order valence-corrected chi connectivity index (χ1v) is 8.25. The summed E-state index contributed by atoms with van der Waals surface area (Å²) in [5.41, 5.74) is 0.129. The molecule has 0 spiro atoms. The molecule has 1 N–H and O–H groups in total. The van der Waals surface area contributed by atoms with E-state index in [4.69, 9.17) is 9.47 Å². The Morgan fingerprint density at radius 3 is 2.36 bits per heavy atom. The number of hydrogen-bond donors (Lipinski definition) is 1. The Morgan fingerprint density at radius 2 is 1.82 bits per heavy atom. The summed E-state index contributed by atoms with van der Waals surface area (Å²) in [6, 6.07) is 7.72. The minimum absolute atomic E-state index is 0.320. The van der Waals surface area contributed by atoms with Crippen LogP contribution in [-0.4, -0.2) is 24.7 Å². The first-order valence-electron chi connectivity index (χ1n) is 8.25. The molecule has 0 aliphatic rings. The van der Waals surface area contributed by atoms with Gasteiger partial charge in [-0.15, -0.1) is 0 Å². The topological polar surface area (TPSA) is 47.6 Å². The zero-order chi connectivity index (χ0) is 16.4. The number of unbranched alkanes of at least 4 members (excludes halogenated alkanes) is 2. The highest BCUT2D eigenvalue weighted by molar-refractivity contribution is 5.79. The van der Waals surface area contributed by atoms with Gasteiger partial charge >= 0.3 is 5.97 Å². The van der Waals surface area contributed by atoms with E-state index in [9.17, 15) is 4.79 Å². The molecule has 0 heterocycles. The summed E-state index contributed by atoms with van der Waals surface area (Å²) < 4.78 is 11.0. The molecule has 0 amide bonds. The molecule has 1 aromatic rings. The standard InChI is InChI=1S/C18H29NO3/c1-5-8-9-14-19-15-10-12-16(13-11-15)22-18(4,6-2)17(20)21-7-3/h10-13,19H,5-9,14H2,1-4H3. The van der Waals surface area contributed by atoms with E-state index in [0.717, 1.165) is 12.2 Å². The van der Waals surface area contributed by atoms with Crippen molar-refractivity contribution in [3.63, 3.8) is 0 Å². The van der Waals surface area contributed by atoms with E-state index < -0.39 is 5.60 Å². The molecule has 4 heteroatoms. The molecule has 0 saturated carbocycles. The smallest absolute Gasteiger partial charge is 0.350 e. The van der Waals surface area contributed by atoms with Crippen LogP contribution in [0.25, 0.3) is 0 Å². The lowest BCUT2D eigenvalue weighted by molar-refractivity contribution is -0.160. The van der Waals surface area contributed by atoms with Gasteiger partial charge in [-0.05, 0) is 51.0 Å². The highest BCUT2D eigenvalue weighted by Crippen LogP contribution is 2.24. The van der Waals surface area contributed by atoms with Crippen molar-refractivity contribution in [3.05, 3.63) is 24.3 Å². The second-order valence-electron chi connectivity index (χ2n) is 5.57. The first kappa shape index (κ1) is 18.3. The fourth-order valence-corrected chi connectivity index (χ4v) is 2.05. The summed E-state index contributed by atoms with van der Waals surface area (Å²) in [5, 5.41) is 3.38. The van der Waals surface area contributed by atoms with Crippen LogP contribution in [0.3, 0.4) is 0 Å². The zero-order valence-corrected chi connectivity index (χ0v) is 14.3. The van der Waals surface area contributed by atoms with Crippen molar-refractivity contribution in [3.8, 4) is 5.75 Å². The van der Waals surface area contributed by atoms with E-state index in [1.54, 1.807) is 13.8 Å². The van der Waals surface area contributed by atoms with Gasteiger partial charge < -0.3 is 14.8 Å². The third kappa shape index (κ3) is 5.58. The molecule has 0 aliphatic carbocycles. The normalized spacial score (nSPS) is 13.3. The number of carbonyl (C=O) groups excluding carboxylic acids is 1. The third-order valence-corrected chi connectivity index (χ3v) is 3.69. The monoisotopic (exact) mass is 307 g/mol. The third-order valence-electron chi connectivity index (χ3n) is 3.69. The predicted molar refractivity (Wildman–Crippen MR) is 90.4 cm³/mol. The van der Waals surface area contributed by atoms with Crippen LogP contribution in [0.15, 0.2) is 24.3 Å². The highest BCUT2D eigenvalue weighted by atomic mass is 16.6. The van der Waals surface area contributed by atoms with E-state index in [-0.39, 0.29) is 5.97 Å². The summed E-state index contributed by atoms with van der Waals surface area (Å²) in [6.45, 7) is 9.01. The Labute approximate surface area is 134 Å². The molecule has 0 aromatic heterocycles. The van der Waals surface area contributed by atoms with E-state index in [0.29, 0.717) is 18.8 Å². The molecule has 22 heavy (non-hydrogen) atoms. The average Bonchev–Trinajstić information content (AvgIpc) is 2.53. The van der Waals surface area contributed by atoms with Crippen LogP contribution < -0.4 is 10.1 Å². The summed E-state index contributed by atoms with van der Waals surface area (Å²) in [4.78, 5) is 12.0. The van der Waals surface area contributed by atoms with Gasteiger partial charge in [-0.1, -0.05) is 26.7 Å². The molecule has 0 aliphatic heterocycles. The lowest BCUT2D eigenvalue weighted by Crippen LogP contribution is -2.42. The van der Waals surface area contributed by atoms with Crippen LogP contribution >= 0.6 is 0 Å². The lowest BCUT2D eigenvalue weighted by Gasteiger charge is -2.27. The fraction of sp³-hybridized carbons (Fsp3) is 0.611. The maximum Gasteiger partial charge on any atom is 0.350 e. The van der Waals surface area contributed by atoms with Gasteiger partial charge in [-0.2, -0.15) is 0 Å². The molecule has 1 aromatic carbocycles. The minimum Gasteiger partial charge on any atom is -0.476 e. The van der Waals surface area contributed by atoms with Gasteiger partial charge in [0.2, 0.25) is 5.60 Å². The van der Waals surface area contributed by atoms with E-state index >= 15 is 0 Å². The van der Waals surface area contributed by atoms with Gasteiger partial charge in [0.1, 0.15) is 5.75 Å². The number of benzene rings is 1. The Hall–Kier alpha value is -1.71. The van der Waals surface area contributed by atoms with Gasteiger partial charge in [0.05, 0.1) is 6.61 Å². The van der Waals surface area contributed by atoms with Crippen LogP contribution in [0.1, 0.15) is 53.4 Å². The Bertz CT molecular complexity index is 444. The molecule has 0 fully saturated rings. The molecule has 0 bridgehead atoms. The van der Waals surface area contributed by atoms with Crippen molar-refractivity contribution in [1.29, 1.82) is 0 Å². The minimum atomic E-state index is -0.938. The maximum absolute atomic E-state index is 12.0. The molecule has 1 atom stereocenters. The largest absolute Gasteiger partial charge is 0.476 e. The van der Waals surface area contributed by atoms with Gasteiger partial charge in [0.15, 0.2) is 0 Å². The predicted octanol–water partition coefficient (Wildman–Crippen LogP) is 4.40. The number of ether oxygens (including phenoxy) is 2. The Kier molecular flexibility index (Phi) is 7.78. The first-order chi connectivity index (χ1) is 10.6. The Balaban J connectivity index is 2.60. The van der Waals surface area contributed by atoms with Crippen LogP contribution in [0.5, 0.6) is 5.75 Å². The quantitative estimate of drug-likeness (QED) is 0.514. The summed E-state index contributed by atoms with van der Waals surface area (Å²) in [5.74, 6) is 0.357. The second-order valence-corrected chi connectivity index (χ2v) is 5.57. The number of anilines is 1. The lowest BCUT2D eigenvalue weighted by atomic mass is 10.0. The summed E-state index contributed by atoms with van der Waals surface area (Å²) in [6.07, 6.45) is 4.19. The van der Waals surface area contributed by atoms with Crippen LogP contribution in [0, 0.1) is 0 Å². The van der Waals surface area contributed by atoms with Crippen molar-refractivity contribution < 1.29 is 14.3 Å². The number of hydrogen-bond acceptors (Lipinski definition) is 4. The van der Waals surface area contributed by atoms with Crippen molar-refractivity contribution in [2.45, 2.75) is 59.0 Å². The van der Waals surface area contributed by atoms with E-state index in [1.807, 2.05) is 31.2 Å². The van der Waals surface area contributed by atoms with Crippen molar-refractivity contribution >= 4 is 11.7 Å². The number of esters is 1. The van der Waals surface area contributed by atoms with Gasteiger partial charge in [0, 0.05) is 12.2 Å². The SMILES string of the molecule is CCCCCNc1ccc(OC(C)(CC)C(=O)OCC)cc1. The molecule has 1 unspecified atom stereocenters. The van der Waals surface area contributed by atoms with Crippen molar-refractivity contribution in [2.24, 2.45) is 0 Å². The van der Waals surface area contributed by atoms with Crippen LogP contribution in [0.2, 0.25) is 0 Å². The molecule has 0 saturated heterocycles. The van der Waals surface area contributed by atoms with Crippen molar-refractivity contribution in [1.82, 2.24) is 0 Å². The van der Waals surface area contributed by atoms with Crippen molar-refractivity contribution in [2.75, 3.05) is 18.5 Å². The average molecular weight is 307 g/mol. The molecular formula is C18H29NO3. The molecule has 0 radical (unpaired) electrons. The maximum atomic E-state index is 12.0. The zero-order valence-electron chi connectivity index (χ0n) is 14.3. The van der Waals surface area contributed by atoms with E-state index in [1.165, 1.54) is 19.3 Å². The molecule has 1 rings (SSSR count). The molecule has 124 valence electrons. The Morgan fingerprint density at radius 1 is 1.14 bits per heavy atom. The second kappa shape index (κ2) is 9.34.